The van der Waals surface area contributed by atoms with Crippen molar-refractivity contribution in [2.75, 3.05) is 10.6 Å². The Bertz CT molecular complexity index is 545. The van der Waals surface area contributed by atoms with Gasteiger partial charge in [-0.25, -0.2) is 0 Å². The smallest absolute Gasteiger partial charge is 0.248 e. The molecule has 4 heteroatoms. The van der Waals surface area contributed by atoms with Crippen molar-refractivity contribution >= 4 is 23.2 Å². The summed E-state index contributed by atoms with van der Waals surface area (Å²) in [4.78, 5) is 23.1. The number of nitrogens with one attached hydrogen (secondary N) is 2. The van der Waals surface area contributed by atoms with Gasteiger partial charge in [0.2, 0.25) is 11.8 Å². The Morgan fingerprint density at radius 2 is 1.80 bits per heavy atom. The molecule has 2 N–H and O–H groups in total. The Morgan fingerprint density at radius 3 is 2.40 bits per heavy atom. The number of anilines is 2. The third-order valence-electron chi connectivity index (χ3n) is 2.74. The van der Waals surface area contributed by atoms with Crippen molar-refractivity contribution < 1.29 is 9.59 Å². The molecule has 0 aliphatic heterocycles. The summed E-state index contributed by atoms with van der Waals surface area (Å²) in [5.74, 6) is -0.255. The first-order valence-electron chi connectivity index (χ1n) is 6.58. The Morgan fingerprint density at radius 1 is 1.15 bits per heavy atom. The van der Waals surface area contributed by atoms with E-state index in [0.29, 0.717) is 17.8 Å². The minimum absolute atomic E-state index is 0.0513. The fourth-order valence-corrected chi connectivity index (χ4v) is 1.57. The molecule has 0 fully saturated rings. The zero-order valence-electron chi connectivity index (χ0n) is 12.1. The zero-order chi connectivity index (χ0) is 15.0. The summed E-state index contributed by atoms with van der Waals surface area (Å²) in [6, 6.07) is 5.41. The van der Waals surface area contributed by atoms with Gasteiger partial charge in [-0.1, -0.05) is 31.2 Å². The first-order valence-corrected chi connectivity index (χ1v) is 6.58. The topological polar surface area (TPSA) is 58.2 Å². The molecule has 0 aliphatic rings. The molecule has 0 radical (unpaired) electrons. The third-order valence-corrected chi connectivity index (χ3v) is 2.74. The highest BCUT2D eigenvalue weighted by atomic mass is 16.2. The standard InChI is InChI=1S/C16H20N2O2/c1-4-6-7-11-16(20)18-14-10-8-9-13(12(14)3)17-15(19)5-2/h4,6-11H,5H2,1-3H3,(H,17,19)(H,18,20)/b6-4+,11-7-. The van der Waals surface area contributed by atoms with E-state index in [1.165, 1.54) is 6.08 Å². The van der Waals surface area contributed by atoms with Crippen LogP contribution in [0.1, 0.15) is 25.8 Å². The Hall–Kier alpha value is -2.36. The number of carbonyl (C=O) groups is 2. The van der Waals surface area contributed by atoms with Gasteiger partial charge < -0.3 is 10.6 Å². The van der Waals surface area contributed by atoms with Crippen molar-refractivity contribution in [3.63, 3.8) is 0 Å². The molecule has 2 amide bonds. The van der Waals surface area contributed by atoms with Crippen LogP contribution in [0.25, 0.3) is 0 Å². The highest BCUT2D eigenvalue weighted by Crippen LogP contribution is 2.23. The van der Waals surface area contributed by atoms with Gasteiger partial charge in [0.15, 0.2) is 0 Å². The third kappa shape index (κ3) is 4.72. The van der Waals surface area contributed by atoms with Crippen molar-refractivity contribution in [2.24, 2.45) is 0 Å². The van der Waals surface area contributed by atoms with Gasteiger partial charge >= 0.3 is 0 Å². The number of amides is 2. The molecule has 0 saturated carbocycles. The largest absolute Gasteiger partial charge is 0.326 e. The monoisotopic (exact) mass is 272 g/mol. The lowest BCUT2D eigenvalue weighted by Gasteiger charge is -2.12. The molecule has 20 heavy (non-hydrogen) atoms. The van der Waals surface area contributed by atoms with Gasteiger partial charge in [0.25, 0.3) is 0 Å². The molecular formula is C16H20N2O2. The number of carbonyl (C=O) groups excluding carboxylic acids is 2. The molecule has 0 aliphatic carbocycles. The van der Waals surface area contributed by atoms with E-state index in [2.05, 4.69) is 10.6 Å². The second-order valence-corrected chi connectivity index (χ2v) is 4.25. The van der Waals surface area contributed by atoms with Crippen LogP contribution in [0.4, 0.5) is 11.4 Å². The lowest BCUT2D eigenvalue weighted by atomic mass is 10.1. The molecule has 0 saturated heterocycles. The molecule has 106 valence electrons. The van der Waals surface area contributed by atoms with E-state index < -0.39 is 0 Å². The van der Waals surface area contributed by atoms with E-state index in [1.807, 2.05) is 26.0 Å². The fraction of sp³-hybridized carbons (Fsp3) is 0.250. The summed E-state index contributed by atoms with van der Waals surface area (Å²) in [7, 11) is 0. The SMILES string of the molecule is C/C=C/C=C\C(=O)Nc1cccc(NC(=O)CC)c1C. The minimum Gasteiger partial charge on any atom is -0.326 e. The molecule has 4 nitrogen and oxygen atoms in total. The summed E-state index contributed by atoms with van der Waals surface area (Å²) in [6.45, 7) is 5.53. The molecule has 1 aromatic carbocycles. The Balaban J connectivity index is 2.83. The van der Waals surface area contributed by atoms with Gasteiger partial charge in [-0.2, -0.15) is 0 Å². The summed E-state index contributed by atoms with van der Waals surface area (Å²) >= 11 is 0. The van der Waals surface area contributed by atoms with Crippen LogP contribution in [-0.2, 0) is 9.59 Å². The van der Waals surface area contributed by atoms with Crippen LogP contribution >= 0.6 is 0 Å². The number of rotatable bonds is 5. The fourth-order valence-electron chi connectivity index (χ4n) is 1.57. The van der Waals surface area contributed by atoms with Gasteiger partial charge in [0.05, 0.1) is 0 Å². The second-order valence-electron chi connectivity index (χ2n) is 4.25. The van der Waals surface area contributed by atoms with E-state index in [4.69, 9.17) is 0 Å². The molecule has 0 spiro atoms. The van der Waals surface area contributed by atoms with Crippen molar-refractivity contribution in [1.82, 2.24) is 0 Å². The predicted molar refractivity (Wildman–Crippen MR) is 82.7 cm³/mol. The quantitative estimate of drug-likeness (QED) is 0.637. The molecule has 0 unspecified atom stereocenters. The highest BCUT2D eigenvalue weighted by molar-refractivity contribution is 6.01. The minimum atomic E-state index is -0.204. The van der Waals surface area contributed by atoms with Gasteiger partial charge in [-0.3, -0.25) is 9.59 Å². The summed E-state index contributed by atoms with van der Waals surface area (Å²) in [6.07, 6.45) is 7.17. The molecule has 1 aromatic rings. The van der Waals surface area contributed by atoms with E-state index in [1.54, 1.807) is 31.2 Å². The van der Waals surface area contributed by atoms with Crippen LogP contribution in [0, 0.1) is 6.92 Å². The van der Waals surface area contributed by atoms with Crippen molar-refractivity contribution in [2.45, 2.75) is 27.2 Å². The van der Waals surface area contributed by atoms with Gasteiger partial charge in [-0.15, -0.1) is 0 Å². The van der Waals surface area contributed by atoms with Crippen molar-refractivity contribution in [1.29, 1.82) is 0 Å². The maximum Gasteiger partial charge on any atom is 0.248 e. The predicted octanol–water partition coefficient (Wildman–Crippen LogP) is 3.41. The molecule has 1 rings (SSSR count). The van der Waals surface area contributed by atoms with Crippen LogP contribution in [0.5, 0.6) is 0 Å². The lowest BCUT2D eigenvalue weighted by Crippen LogP contribution is -2.13. The first-order chi connectivity index (χ1) is 9.58. The average molecular weight is 272 g/mol. The molecule has 0 heterocycles. The normalized spacial score (nSPS) is 10.9. The highest BCUT2D eigenvalue weighted by Gasteiger charge is 2.07. The van der Waals surface area contributed by atoms with Crippen LogP contribution < -0.4 is 10.6 Å². The summed E-state index contributed by atoms with van der Waals surface area (Å²) in [5, 5.41) is 5.60. The maximum absolute atomic E-state index is 11.7. The van der Waals surface area contributed by atoms with E-state index in [9.17, 15) is 9.59 Å². The average Bonchev–Trinajstić information content (AvgIpc) is 2.43. The Kier molecular flexibility index (Phi) is 6.23. The van der Waals surface area contributed by atoms with Crippen LogP contribution in [0.2, 0.25) is 0 Å². The van der Waals surface area contributed by atoms with E-state index in [0.717, 1.165) is 5.56 Å². The van der Waals surface area contributed by atoms with Crippen molar-refractivity contribution in [3.8, 4) is 0 Å². The van der Waals surface area contributed by atoms with Crippen LogP contribution in [0.15, 0.2) is 42.5 Å². The number of hydrogen-bond acceptors (Lipinski definition) is 2. The van der Waals surface area contributed by atoms with Gasteiger partial charge in [0, 0.05) is 23.9 Å². The second kappa shape index (κ2) is 7.94. The van der Waals surface area contributed by atoms with E-state index >= 15 is 0 Å². The van der Waals surface area contributed by atoms with Gasteiger partial charge in [-0.05, 0) is 31.5 Å². The molecule has 0 atom stereocenters. The van der Waals surface area contributed by atoms with Crippen LogP contribution in [-0.4, -0.2) is 11.8 Å². The molecule has 0 bridgehead atoms. The first kappa shape index (κ1) is 15.7. The summed E-state index contributed by atoms with van der Waals surface area (Å²) < 4.78 is 0. The number of hydrogen-bond donors (Lipinski definition) is 2. The lowest BCUT2D eigenvalue weighted by molar-refractivity contribution is -0.116. The maximum atomic E-state index is 11.7. The molecule has 0 aromatic heterocycles. The summed E-state index contributed by atoms with van der Waals surface area (Å²) in [5.41, 5.74) is 2.24. The Labute approximate surface area is 119 Å². The van der Waals surface area contributed by atoms with Crippen LogP contribution in [0.3, 0.4) is 0 Å². The number of allylic oxidation sites excluding steroid dienone is 3. The number of benzene rings is 1. The van der Waals surface area contributed by atoms with E-state index in [-0.39, 0.29) is 11.8 Å². The molecular weight excluding hydrogens is 252 g/mol. The van der Waals surface area contributed by atoms with Crippen molar-refractivity contribution in [3.05, 3.63) is 48.1 Å². The van der Waals surface area contributed by atoms with Gasteiger partial charge in [0.1, 0.15) is 0 Å². The zero-order valence-corrected chi connectivity index (χ0v) is 12.1.